The molecule has 0 saturated carbocycles. The molecule has 0 saturated heterocycles. The molecule has 0 aliphatic carbocycles. The van der Waals surface area contributed by atoms with E-state index in [4.69, 9.17) is 9.47 Å². The molecule has 114 valence electrons. The molecule has 0 aromatic heterocycles. The summed E-state index contributed by atoms with van der Waals surface area (Å²) in [5.41, 5.74) is 0.175. The smallest absolute Gasteiger partial charge is 0.315 e. The summed E-state index contributed by atoms with van der Waals surface area (Å²) in [5, 5.41) is 10.8. The van der Waals surface area contributed by atoms with Crippen molar-refractivity contribution in [2.24, 2.45) is 0 Å². The number of hydrogen-bond acceptors (Lipinski definition) is 5. The Labute approximate surface area is 125 Å². The molecule has 22 heavy (non-hydrogen) atoms. The zero-order valence-corrected chi connectivity index (χ0v) is 11.6. The van der Waals surface area contributed by atoms with Crippen LogP contribution in [0.4, 0.5) is 10.1 Å². The summed E-state index contributed by atoms with van der Waals surface area (Å²) < 4.78 is 23.0. The average Bonchev–Trinajstić information content (AvgIpc) is 2.47. The molecule has 0 heterocycles. The maximum Gasteiger partial charge on any atom is 0.315 e. The van der Waals surface area contributed by atoms with Crippen LogP contribution in [-0.4, -0.2) is 18.0 Å². The lowest BCUT2D eigenvalue weighted by atomic mass is 10.1. The average molecular weight is 305 g/mol. The van der Waals surface area contributed by atoms with Gasteiger partial charge in [0.1, 0.15) is 11.6 Å². The van der Waals surface area contributed by atoms with Gasteiger partial charge in [-0.2, -0.15) is 0 Å². The van der Waals surface area contributed by atoms with Gasteiger partial charge < -0.3 is 9.47 Å². The number of ether oxygens (including phenoxy) is 2. The molecule has 0 amide bonds. The minimum absolute atomic E-state index is 0.0995. The number of hydrogen-bond donors (Lipinski definition) is 0. The molecule has 0 spiro atoms. The van der Waals surface area contributed by atoms with Crippen molar-refractivity contribution in [3.05, 3.63) is 64.0 Å². The standard InChI is InChI=1S/C15H12FNO5/c1-21-12-5-2-10(3-6-12)8-15(18)22-14-9-11(16)4-7-13(14)17(19)20/h2-7,9H,8H2,1H3. The number of methoxy groups -OCH3 is 1. The van der Waals surface area contributed by atoms with Gasteiger partial charge in [0.2, 0.25) is 5.75 Å². The Morgan fingerprint density at radius 2 is 1.91 bits per heavy atom. The number of rotatable bonds is 5. The molecule has 7 heteroatoms. The van der Waals surface area contributed by atoms with Gasteiger partial charge in [-0.05, 0) is 23.8 Å². The highest BCUT2D eigenvalue weighted by Gasteiger charge is 2.19. The minimum atomic E-state index is -0.741. The Hall–Kier alpha value is -2.96. The summed E-state index contributed by atoms with van der Waals surface area (Å²) in [7, 11) is 1.52. The van der Waals surface area contributed by atoms with E-state index in [1.165, 1.54) is 7.11 Å². The number of carbonyl (C=O) groups is 1. The highest BCUT2D eigenvalue weighted by molar-refractivity contribution is 5.76. The predicted octanol–water partition coefficient (Wildman–Crippen LogP) is 2.89. The maximum absolute atomic E-state index is 13.1. The van der Waals surface area contributed by atoms with Crippen LogP contribution in [0.5, 0.6) is 11.5 Å². The molecule has 0 aliphatic rings. The number of carbonyl (C=O) groups excluding carboxylic acids is 1. The van der Waals surface area contributed by atoms with E-state index in [-0.39, 0.29) is 6.42 Å². The van der Waals surface area contributed by atoms with Crippen molar-refractivity contribution >= 4 is 11.7 Å². The second-order valence-electron chi connectivity index (χ2n) is 4.37. The van der Waals surface area contributed by atoms with Crippen LogP contribution >= 0.6 is 0 Å². The number of nitrogens with zero attached hydrogens (tertiary/aromatic N) is 1. The summed E-state index contributed by atoms with van der Waals surface area (Å²) in [6.07, 6.45) is -0.0995. The summed E-state index contributed by atoms with van der Waals surface area (Å²) in [4.78, 5) is 21.9. The van der Waals surface area contributed by atoms with E-state index in [9.17, 15) is 19.3 Å². The first-order valence-corrected chi connectivity index (χ1v) is 6.27. The molecular weight excluding hydrogens is 293 g/mol. The van der Waals surface area contributed by atoms with E-state index >= 15 is 0 Å². The summed E-state index contributed by atoms with van der Waals surface area (Å²) >= 11 is 0. The van der Waals surface area contributed by atoms with Crippen LogP contribution in [-0.2, 0) is 11.2 Å². The van der Waals surface area contributed by atoms with Gasteiger partial charge in [-0.1, -0.05) is 12.1 Å². The highest BCUT2D eigenvalue weighted by Crippen LogP contribution is 2.27. The predicted molar refractivity (Wildman–Crippen MR) is 75.4 cm³/mol. The molecule has 0 fully saturated rings. The van der Waals surface area contributed by atoms with Gasteiger partial charge in [-0.25, -0.2) is 4.39 Å². The normalized spacial score (nSPS) is 10.1. The molecule has 2 aromatic carbocycles. The van der Waals surface area contributed by atoms with E-state index in [0.717, 1.165) is 18.2 Å². The molecule has 2 aromatic rings. The SMILES string of the molecule is COc1ccc(CC(=O)Oc2cc(F)ccc2[N+](=O)[O-])cc1. The summed E-state index contributed by atoms with van der Waals surface area (Å²) in [5.74, 6) is -1.22. The third-order valence-electron chi connectivity index (χ3n) is 2.85. The monoisotopic (exact) mass is 305 g/mol. The Morgan fingerprint density at radius 1 is 1.23 bits per heavy atom. The molecule has 0 unspecified atom stereocenters. The van der Waals surface area contributed by atoms with Crippen LogP contribution in [0.2, 0.25) is 0 Å². The van der Waals surface area contributed by atoms with Crippen molar-refractivity contribution in [3.63, 3.8) is 0 Å². The first kappa shape index (κ1) is 15.4. The summed E-state index contributed by atoms with van der Waals surface area (Å²) in [6.45, 7) is 0. The van der Waals surface area contributed by atoms with Gasteiger partial charge in [-0.15, -0.1) is 0 Å². The third kappa shape index (κ3) is 3.78. The van der Waals surface area contributed by atoms with Crippen molar-refractivity contribution in [2.45, 2.75) is 6.42 Å². The van der Waals surface area contributed by atoms with Crippen LogP contribution < -0.4 is 9.47 Å². The maximum atomic E-state index is 13.1. The molecule has 0 radical (unpaired) electrons. The van der Waals surface area contributed by atoms with Crippen LogP contribution in [0.3, 0.4) is 0 Å². The topological polar surface area (TPSA) is 78.7 Å². The highest BCUT2D eigenvalue weighted by atomic mass is 19.1. The minimum Gasteiger partial charge on any atom is -0.497 e. The largest absolute Gasteiger partial charge is 0.497 e. The lowest BCUT2D eigenvalue weighted by Gasteiger charge is -2.06. The fourth-order valence-electron chi connectivity index (χ4n) is 1.79. The van der Waals surface area contributed by atoms with Crippen molar-refractivity contribution < 1.29 is 23.6 Å². The fourth-order valence-corrected chi connectivity index (χ4v) is 1.79. The molecule has 6 nitrogen and oxygen atoms in total. The van der Waals surface area contributed by atoms with Crippen molar-refractivity contribution in [1.82, 2.24) is 0 Å². The van der Waals surface area contributed by atoms with E-state index in [0.29, 0.717) is 11.3 Å². The molecule has 0 N–H and O–H groups in total. The van der Waals surface area contributed by atoms with Gasteiger partial charge in [0.15, 0.2) is 0 Å². The van der Waals surface area contributed by atoms with Gasteiger partial charge >= 0.3 is 11.7 Å². The van der Waals surface area contributed by atoms with E-state index in [2.05, 4.69) is 0 Å². The number of halogens is 1. The third-order valence-corrected chi connectivity index (χ3v) is 2.85. The number of nitro benzene ring substituents is 1. The Morgan fingerprint density at radius 3 is 2.50 bits per heavy atom. The first-order chi connectivity index (χ1) is 10.5. The van der Waals surface area contributed by atoms with Gasteiger partial charge in [0.25, 0.3) is 0 Å². The van der Waals surface area contributed by atoms with Crippen molar-refractivity contribution in [1.29, 1.82) is 0 Å². The second-order valence-corrected chi connectivity index (χ2v) is 4.37. The van der Waals surface area contributed by atoms with Crippen molar-refractivity contribution in [3.8, 4) is 11.5 Å². The molecule has 0 atom stereocenters. The van der Waals surface area contributed by atoms with E-state index in [1.54, 1.807) is 24.3 Å². The molecule has 0 bridgehead atoms. The quantitative estimate of drug-likeness (QED) is 0.367. The Balaban J connectivity index is 2.11. The van der Waals surface area contributed by atoms with Crippen LogP contribution in [0.25, 0.3) is 0 Å². The van der Waals surface area contributed by atoms with Crippen LogP contribution in [0.15, 0.2) is 42.5 Å². The van der Waals surface area contributed by atoms with Crippen molar-refractivity contribution in [2.75, 3.05) is 7.11 Å². The van der Waals surface area contributed by atoms with E-state index in [1.807, 2.05) is 0 Å². The molecular formula is C15H12FNO5. The first-order valence-electron chi connectivity index (χ1n) is 6.27. The zero-order valence-electron chi connectivity index (χ0n) is 11.6. The van der Waals surface area contributed by atoms with Crippen LogP contribution in [0, 0.1) is 15.9 Å². The fraction of sp³-hybridized carbons (Fsp3) is 0.133. The molecule has 0 aliphatic heterocycles. The second kappa shape index (κ2) is 6.66. The zero-order chi connectivity index (χ0) is 16.1. The van der Waals surface area contributed by atoms with Gasteiger partial charge in [-0.3, -0.25) is 14.9 Å². The lowest BCUT2D eigenvalue weighted by molar-refractivity contribution is -0.385. The van der Waals surface area contributed by atoms with Crippen LogP contribution in [0.1, 0.15) is 5.56 Å². The van der Waals surface area contributed by atoms with Gasteiger partial charge in [0.05, 0.1) is 18.5 Å². The van der Waals surface area contributed by atoms with Gasteiger partial charge in [0, 0.05) is 12.1 Å². The molecule has 2 rings (SSSR count). The Kier molecular flexibility index (Phi) is 4.67. The number of esters is 1. The number of nitro groups is 1. The van der Waals surface area contributed by atoms with E-state index < -0.39 is 28.1 Å². The summed E-state index contributed by atoms with van der Waals surface area (Å²) in [6, 6.07) is 9.37. The number of benzene rings is 2. The Bertz CT molecular complexity index is 700. The lowest BCUT2D eigenvalue weighted by Crippen LogP contribution is -2.12.